The van der Waals surface area contributed by atoms with Crippen LogP contribution in [0.4, 0.5) is 4.79 Å². The summed E-state index contributed by atoms with van der Waals surface area (Å²) in [5.74, 6) is 0.131. The fourth-order valence-corrected chi connectivity index (χ4v) is 6.01. The molecule has 0 unspecified atom stereocenters. The molecule has 11 nitrogen and oxygen atoms in total. The van der Waals surface area contributed by atoms with Gasteiger partial charge in [0, 0.05) is 54.7 Å². The molecule has 0 radical (unpaired) electrons. The van der Waals surface area contributed by atoms with E-state index >= 15 is 0 Å². The zero-order valence-corrected chi connectivity index (χ0v) is 27.0. The summed E-state index contributed by atoms with van der Waals surface area (Å²) < 4.78 is 21.6. The second-order valence-electron chi connectivity index (χ2n) is 11.8. The summed E-state index contributed by atoms with van der Waals surface area (Å²) in [6.45, 7) is 7.74. The van der Waals surface area contributed by atoms with Crippen LogP contribution in [0.1, 0.15) is 52.6 Å². The van der Waals surface area contributed by atoms with Crippen LogP contribution in [0.25, 0.3) is 0 Å². The Bertz CT molecular complexity index is 1280. The van der Waals surface area contributed by atoms with Gasteiger partial charge in [0.05, 0.1) is 24.5 Å². The third-order valence-electron chi connectivity index (χ3n) is 7.49. The van der Waals surface area contributed by atoms with Crippen LogP contribution in [0.5, 0.6) is 5.75 Å². The Morgan fingerprint density at radius 2 is 1.74 bits per heavy atom. The predicted octanol–water partition coefficient (Wildman–Crippen LogP) is 1.29. The Hall–Kier alpha value is -3.45. The van der Waals surface area contributed by atoms with Gasteiger partial charge in [0.1, 0.15) is 11.4 Å². The Balaban J connectivity index is 1.47. The summed E-state index contributed by atoms with van der Waals surface area (Å²) in [6, 6.07) is 12.1. The van der Waals surface area contributed by atoms with Crippen LogP contribution >= 0.6 is 0 Å². The Kier molecular flexibility index (Phi) is 9.92. The van der Waals surface area contributed by atoms with E-state index in [1.165, 1.54) is 0 Å². The van der Waals surface area contributed by atoms with Crippen molar-refractivity contribution in [1.29, 1.82) is 0 Å². The number of nitrogens with one attached hydrogen (secondary N) is 1. The SMILES string of the molecule is COCOc1ccc2c(c1)CN(C(=O)OC(C)(C)C)[C@@]([SiH3])([C@H](O)CNC(=O)c1ccc(C(=O)N3CCOCC3)cc1)C2. The topological polar surface area (TPSA) is 127 Å². The molecular weight excluding hydrogens is 558 g/mol. The number of hydrogen-bond acceptors (Lipinski definition) is 8. The molecule has 228 valence electrons. The summed E-state index contributed by atoms with van der Waals surface area (Å²) in [5, 5.41) is 13.3. The van der Waals surface area contributed by atoms with E-state index in [0.717, 1.165) is 11.1 Å². The van der Waals surface area contributed by atoms with Crippen molar-refractivity contribution in [3.05, 3.63) is 64.7 Å². The van der Waals surface area contributed by atoms with Crippen LogP contribution in [0.3, 0.4) is 0 Å². The predicted molar refractivity (Wildman–Crippen MR) is 159 cm³/mol. The number of benzene rings is 2. The van der Waals surface area contributed by atoms with Crippen molar-refractivity contribution in [2.24, 2.45) is 0 Å². The summed E-state index contributed by atoms with van der Waals surface area (Å²) in [6.07, 6.45) is -1.19. The molecule has 0 aromatic heterocycles. The number of aliphatic hydroxyl groups excluding tert-OH is 1. The monoisotopic (exact) mass is 599 g/mol. The van der Waals surface area contributed by atoms with Gasteiger partial charge in [0.2, 0.25) is 0 Å². The Labute approximate surface area is 249 Å². The Morgan fingerprint density at radius 1 is 1.07 bits per heavy atom. The van der Waals surface area contributed by atoms with Crippen molar-refractivity contribution in [3.63, 3.8) is 0 Å². The molecule has 1 fully saturated rings. The van der Waals surface area contributed by atoms with Crippen LogP contribution < -0.4 is 10.1 Å². The lowest BCUT2D eigenvalue weighted by molar-refractivity contribution is -0.0251. The molecular formula is C30H41N3O8Si. The second kappa shape index (κ2) is 13.2. The number of morpholine rings is 1. The zero-order chi connectivity index (χ0) is 30.5. The van der Waals surface area contributed by atoms with E-state index in [9.17, 15) is 19.5 Å². The third kappa shape index (κ3) is 7.49. The molecule has 2 aliphatic rings. The highest BCUT2D eigenvalue weighted by Gasteiger charge is 2.46. The first kappa shape index (κ1) is 31.5. The van der Waals surface area contributed by atoms with Gasteiger partial charge in [0.15, 0.2) is 6.79 Å². The van der Waals surface area contributed by atoms with Gasteiger partial charge < -0.3 is 34.3 Å². The molecule has 0 bridgehead atoms. The standard InChI is InChI=1S/C30H41N3O8Si/c1-29(2,3)41-28(37)33-18-23-15-24(40-19-38-4)10-9-22(23)16-30(33,42)25(34)17-31-26(35)20-5-7-21(8-6-20)27(36)32-11-13-39-14-12-32/h5-10,15,25,34H,11-14,16-19H2,1-4,42H3,(H,31,35)/t25-,30+/m1/s1. The smallest absolute Gasteiger partial charge is 0.410 e. The number of carbonyl (C=O) groups excluding carboxylic acids is 3. The van der Waals surface area contributed by atoms with Gasteiger partial charge in [-0.1, -0.05) is 6.07 Å². The lowest BCUT2D eigenvalue weighted by Gasteiger charge is -2.48. The maximum Gasteiger partial charge on any atom is 0.410 e. The first-order valence-corrected chi connectivity index (χ1v) is 15.1. The minimum absolute atomic E-state index is 0.0690. The zero-order valence-electron chi connectivity index (χ0n) is 25.0. The van der Waals surface area contributed by atoms with Crippen molar-refractivity contribution in [1.82, 2.24) is 15.1 Å². The van der Waals surface area contributed by atoms with Gasteiger partial charge in [-0.2, -0.15) is 0 Å². The van der Waals surface area contributed by atoms with Crippen molar-refractivity contribution in [2.45, 2.75) is 50.6 Å². The van der Waals surface area contributed by atoms with E-state index in [-0.39, 0.29) is 31.7 Å². The van der Waals surface area contributed by atoms with Gasteiger partial charge in [-0.25, -0.2) is 4.79 Å². The van der Waals surface area contributed by atoms with Crippen molar-refractivity contribution in [3.8, 4) is 5.75 Å². The van der Waals surface area contributed by atoms with Crippen LogP contribution in [0.15, 0.2) is 42.5 Å². The number of fused-ring (bicyclic) bond motifs is 1. The van der Waals surface area contributed by atoms with Crippen molar-refractivity contribution < 1.29 is 38.4 Å². The molecule has 1 saturated heterocycles. The average Bonchev–Trinajstić information content (AvgIpc) is 2.97. The largest absolute Gasteiger partial charge is 0.468 e. The van der Waals surface area contributed by atoms with Crippen molar-refractivity contribution in [2.75, 3.05) is 46.8 Å². The molecule has 0 saturated carbocycles. The number of rotatable bonds is 8. The van der Waals surface area contributed by atoms with Gasteiger partial charge in [0.25, 0.3) is 11.8 Å². The number of ether oxygens (including phenoxy) is 4. The fourth-order valence-electron chi connectivity index (χ4n) is 5.08. The molecule has 2 N–H and O–H groups in total. The summed E-state index contributed by atoms with van der Waals surface area (Å²) >= 11 is 0. The molecule has 4 rings (SSSR count). The summed E-state index contributed by atoms with van der Waals surface area (Å²) in [7, 11) is 1.95. The first-order chi connectivity index (χ1) is 19.9. The minimum Gasteiger partial charge on any atom is -0.468 e. The number of aliphatic hydroxyl groups is 1. The number of hydrogen-bond donors (Lipinski definition) is 2. The average molecular weight is 600 g/mol. The van der Waals surface area contributed by atoms with E-state index in [2.05, 4.69) is 5.32 Å². The van der Waals surface area contributed by atoms with Gasteiger partial charge in [-0.3, -0.25) is 14.5 Å². The van der Waals surface area contributed by atoms with Gasteiger partial charge in [-0.05, 0) is 74.7 Å². The van der Waals surface area contributed by atoms with Crippen LogP contribution in [0, 0.1) is 0 Å². The van der Waals surface area contributed by atoms with Crippen LogP contribution in [-0.4, -0.2) is 107 Å². The number of carbonyl (C=O) groups is 3. The molecule has 42 heavy (non-hydrogen) atoms. The van der Waals surface area contributed by atoms with E-state index in [4.69, 9.17) is 18.9 Å². The fraction of sp³-hybridized carbons (Fsp3) is 0.500. The summed E-state index contributed by atoms with van der Waals surface area (Å²) in [4.78, 5) is 42.4. The summed E-state index contributed by atoms with van der Waals surface area (Å²) in [5.41, 5.74) is 2.02. The molecule has 3 amide bonds. The van der Waals surface area contributed by atoms with E-state index in [0.29, 0.717) is 59.8 Å². The second-order valence-corrected chi connectivity index (χ2v) is 13.5. The maximum atomic E-state index is 13.4. The molecule has 0 spiro atoms. The lowest BCUT2D eigenvalue weighted by atomic mass is 9.90. The van der Waals surface area contributed by atoms with Crippen LogP contribution in [-0.2, 0) is 27.2 Å². The maximum absolute atomic E-state index is 13.4. The quantitative estimate of drug-likeness (QED) is 0.344. The number of methoxy groups -OCH3 is 1. The normalized spacial score (nSPS) is 19.5. The van der Waals surface area contributed by atoms with E-state index in [1.807, 2.05) is 18.2 Å². The number of nitrogens with zero attached hydrogens (tertiary/aromatic N) is 2. The van der Waals surface area contributed by atoms with E-state index < -0.39 is 23.0 Å². The first-order valence-electron chi connectivity index (χ1n) is 14.1. The highest BCUT2D eigenvalue weighted by molar-refractivity contribution is 6.17. The molecule has 2 aromatic rings. The molecule has 0 aliphatic carbocycles. The van der Waals surface area contributed by atoms with Gasteiger partial charge >= 0.3 is 6.09 Å². The highest BCUT2D eigenvalue weighted by Crippen LogP contribution is 2.35. The van der Waals surface area contributed by atoms with Gasteiger partial charge in [-0.15, -0.1) is 0 Å². The van der Waals surface area contributed by atoms with E-state index in [1.54, 1.807) is 61.9 Å². The highest BCUT2D eigenvalue weighted by atomic mass is 28.1. The Morgan fingerprint density at radius 3 is 2.38 bits per heavy atom. The van der Waals surface area contributed by atoms with Crippen molar-refractivity contribution >= 4 is 28.2 Å². The number of amides is 3. The molecule has 2 heterocycles. The molecule has 2 aromatic carbocycles. The lowest BCUT2D eigenvalue weighted by Crippen LogP contribution is -2.65. The molecule has 12 heteroatoms. The minimum atomic E-state index is -1.06. The van der Waals surface area contributed by atoms with Crippen LogP contribution in [0.2, 0.25) is 0 Å². The third-order valence-corrected chi connectivity index (χ3v) is 9.05. The molecule has 2 atom stereocenters. The molecule has 2 aliphatic heterocycles.